The van der Waals surface area contributed by atoms with Gasteiger partial charge in [-0.1, -0.05) is 0 Å². The highest BCUT2D eigenvalue weighted by Gasteiger charge is 2.21. The molecule has 2 aliphatic heterocycles. The van der Waals surface area contributed by atoms with E-state index in [-0.39, 0.29) is 17.8 Å². The van der Waals surface area contributed by atoms with Crippen molar-refractivity contribution in [1.29, 1.82) is 0 Å². The number of rotatable bonds is 8. The van der Waals surface area contributed by atoms with E-state index in [0.717, 1.165) is 63.2 Å². The highest BCUT2D eigenvalue weighted by Crippen LogP contribution is 2.24. The second kappa shape index (κ2) is 9.62. The molecule has 1 N–H and O–H groups in total. The van der Waals surface area contributed by atoms with Crippen LogP contribution in [0.5, 0.6) is 0 Å². The van der Waals surface area contributed by atoms with Gasteiger partial charge in [0, 0.05) is 26.1 Å². The van der Waals surface area contributed by atoms with Gasteiger partial charge in [-0.3, -0.25) is 14.5 Å². The molecule has 26 heavy (non-hydrogen) atoms. The minimum atomic E-state index is 0.151. The largest absolute Gasteiger partial charge is 0.376 e. The first-order chi connectivity index (χ1) is 12.6. The molecule has 1 aromatic heterocycles. The first-order valence-electron chi connectivity index (χ1n) is 9.79. The molecular formula is C20H30N2O3S. The smallest absolute Gasteiger partial charge is 0.220 e. The highest BCUT2D eigenvalue weighted by atomic mass is 32.1. The zero-order chi connectivity index (χ0) is 18.4. The number of likely N-dealkylation sites (tertiary alicyclic amines) is 1. The Morgan fingerprint density at radius 3 is 2.77 bits per heavy atom. The van der Waals surface area contributed by atoms with Crippen LogP contribution in [0.15, 0.2) is 11.4 Å². The summed E-state index contributed by atoms with van der Waals surface area (Å²) in [4.78, 5) is 26.7. The zero-order valence-corrected chi connectivity index (χ0v) is 16.5. The molecule has 6 heteroatoms. The van der Waals surface area contributed by atoms with E-state index in [2.05, 4.69) is 15.6 Å². The van der Waals surface area contributed by atoms with Crippen LogP contribution in [0.3, 0.4) is 0 Å². The second-order valence-electron chi connectivity index (χ2n) is 7.57. The van der Waals surface area contributed by atoms with Crippen molar-refractivity contribution >= 4 is 23.0 Å². The molecule has 0 aliphatic carbocycles. The van der Waals surface area contributed by atoms with Crippen LogP contribution in [0.1, 0.15) is 60.7 Å². The van der Waals surface area contributed by atoms with E-state index < -0.39 is 0 Å². The third-order valence-electron chi connectivity index (χ3n) is 5.44. The number of carbonyl (C=O) groups excluding carboxylic acids is 2. The number of hydrogen-bond donors (Lipinski definition) is 1. The van der Waals surface area contributed by atoms with E-state index in [1.165, 1.54) is 5.56 Å². The van der Waals surface area contributed by atoms with Crippen molar-refractivity contribution in [3.63, 3.8) is 0 Å². The zero-order valence-electron chi connectivity index (χ0n) is 15.7. The lowest BCUT2D eigenvalue weighted by atomic mass is 9.92. The summed E-state index contributed by atoms with van der Waals surface area (Å²) in [6.07, 6.45) is 6.33. The highest BCUT2D eigenvalue weighted by molar-refractivity contribution is 7.12. The Morgan fingerprint density at radius 1 is 1.31 bits per heavy atom. The van der Waals surface area contributed by atoms with Gasteiger partial charge in [0.05, 0.1) is 11.0 Å². The Balaban J connectivity index is 1.30. The van der Waals surface area contributed by atoms with Crippen molar-refractivity contribution in [2.24, 2.45) is 5.92 Å². The quantitative estimate of drug-likeness (QED) is 0.706. The molecule has 2 saturated heterocycles. The lowest BCUT2D eigenvalue weighted by Gasteiger charge is -2.31. The van der Waals surface area contributed by atoms with E-state index >= 15 is 0 Å². The normalized spacial score (nSPS) is 21.8. The number of ketones is 1. The van der Waals surface area contributed by atoms with E-state index in [1.54, 1.807) is 18.3 Å². The number of amides is 1. The summed E-state index contributed by atoms with van der Waals surface area (Å²) >= 11 is 1.54. The average Bonchev–Trinajstić information content (AvgIpc) is 3.31. The fourth-order valence-corrected chi connectivity index (χ4v) is 4.60. The summed E-state index contributed by atoms with van der Waals surface area (Å²) in [6, 6.07) is 2.03. The third-order valence-corrected chi connectivity index (χ3v) is 6.52. The fraction of sp³-hybridized carbons (Fsp3) is 0.700. The molecule has 0 radical (unpaired) electrons. The second-order valence-corrected chi connectivity index (χ2v) is 8.48. The van der Waals surface area contributed by atoms with Crippen molar-refractivity contribution in [2.45, 2.75) is 58.1 Å². The molecule has 3 heterocycles. The summed E-state index contributed by atoms with van der Waals surface area (Å²) in [7, 11) is 0. The van der Waals surface area contributed by atoms with Gasteiger partial charge < -0.3 is 10.1 Å². The van der Waals surface area contributed by atoms with Crippen LogP contribution >= 0.6 is 11.3 Å². The van der Waals surface area contributed by atoms with E-state index in [9.17, 15) is 9.59 Å². The molecule has 144 valence electrons. The van der Waals surface area contributed by atoms with E-state index in [0.29, 0.717) is 18.9 Å². The van der Waals surface area contributed by atoms with Crippen molar-refractivity contribution in [1.82, 2.24) is 10.2 Å². The molecule has 0 aromatic carbocycles. The van der Waals surface area contributed by atoms with Gasteiger partial charge in [-0.05, 0) is 75.0 Å². The molecule has 2 fully saturated rings. The van der Waals surface area contributed by atoms with Gasteiger partial charge >= 0.3 is 0 Å². The predicted molar refractivity (Wildman–Crippen MR) is 104 cm³/mol. The molecule has 1 atom stereocenters. The Bertz CT molecular complexity index is 602. The standard InChI is InChI=1S/C20H30N2O3S/c1-15(23)19-11-17(14-26-19)13-22-8-6-16(7-9-22)4-5-20(24)21-12-18-3-2-10-25-18/h11,14,16,18H,2-10,12-13H2,1H3,(H,21,24)/t18-/m0/s1. The first kappa shape index (κ1) is 19.5. The summed E-state index contributed by atoms with van der Waals surface area (Å²) in [5.41, 5.74) is 1.24. The summed E-state index contributed by atoms with van der Waals surface area (Å²) in [5.74, 6) is 0.964. The first-order valence-corrected chi connectivity index (χ1v) is 10.7. The summed E-state index contributed by atoms with van der Waals surface area (Å²) in [6.45, 7) is 6.21. The van der Waals surface area contributed by atoms with Crippen LogP contribution < -0.4 is 5.32 Å². The average molecular weight is 379 g/mol. The number of nitrogens with one attached hydrogen (secondary N) is 1. The van der Waals surface area contributed by atoms with Crippen LogP contribution in [-0.4, -0.2) is 48.9 Å². The Hall–Kier alpha value is -1.24. The molecule has 0 bridgehead atoms. The minimum Gasteiger partial charge on any atom is -0.376 e. The number of nitrogens with zero attached hydrogens (tertiary/aromatic N) is 1. The maximum Gasteiger partial charge on any atom is 0.220 e. The van der Waals surface area contributed by atoms with Gasteiger partial charge in [0.25, 0.3) is 0 Å². The summed E-state index contributed by atoms with van der Waals surface area (Å²) < 4.78 is 5.53. The van der Waals surface area contributed by atoms with Crippen LogP contribution in [0.2, 0.25) is 0 Å². The van der Waals surface area contributed by atoms with Gasteiger partial charge in [-0.2, -0.15) is 0 Å². The monoisotopic (exact) mass is 378 g/mol. The van der Waals surface area contributed by atoms with E-state index in [4.69, 9.17) is 4.74 Å². The van der Waals surface area contributed by atoms with Crippen LogP contribution in [0, 0.1) is 5.92 Å². The van der Waals surface area contributed by atoms with Gasteiger partial charge in [0.1, 0.15) is 0 Å². The Labute approximate surface area is 160 Å². The number of ether oxygens (including phenoxy) is 1. The van der Waals surface area contributed by atoms with Crippen LogP contribution in [0.4, 0.5) is 0 Å². The van der Waals surface area contributed by atoms with Crippen LogP contribution in [0.25, 0.3) is 0 Å². The third kappa shape index (κ3) is 5.89. The van der Waals surface area contributed by atoms with Gasteiger partial charge in [-0.15, -0.1) is 11.3 Å². The molecule has 0 spiro atoms. The van der Waals surface area contributed by atoms with Crippen molar-refractivity contribution in [3.05, 3.63) is 21.9 Å². The van der Waals surface area contributed by atoms with Crippen molar-refractivity contribution in [2.75, 3.05) is 26.2 Å². The number of thiophene rings is 1. The minimum absolute atomic E-state index is 0.151. The number of hydrogen-bond acceptors (Lipinski definition) is 5. The lowest BCUT2D eigenvalue weighted by Crippen LogP contribution is -2.34. The maximum atomic E-state index is 12.0. The predicted octanol–water partition coefficient (Wildman–Crippen LogP) is 3.24. The van der Waals surface area contributed by atoms with Crippen molar-refractivity contribution < 1.29 is 14.3 Å². The van der Waals surface area contributed by atoms with Crippen LogP contribution in [-0.2, 0) is 16.1 Å². The molecule has 5 nitrogen and oxygen atoms in total. The molecule has 3 rings (SSSR count). The lowest BCUT2D eigenvalue weighted by molar-refractivity contribution is -0.122. The van der Waals surface area contributed by atoms with Gasteiger partial charge in [-0.25, -0.2) is 0 Å². The Morgan fingerprint density at radius 2 is 2.12 bits per heavy atom. The number of Topliss-reactive ketones (excluding diaryl/α,β-unsaturated/α-hetero) is 1. The van der Waals surface area contributed by atoms with Gasteiger partial charge in [0.15, 0.2) is 5.78 Å². The molecule has 0 unspecified atom stereocenters. The summed E-state index contributed by atoms with van der Waals surface area (Å²) in [5, 5.41) is 5.11. The fourth-order valence-electron chi connectivity index (χ4n) is 3.79. The van der Waals surface area contributed by atoms with Gasteiger partial charge in [0.2, 0.25) is 5.91 Å². The Kier molecular flexibility index (Phi) is 7.23. The molecular weight excluding hydrogens is 348 g/mol. The van der Waals surface area contributed by atoms with E-state index in [1.807, 2.05) is 6.07 Å². The number of carbonyl (C=O) groups is 2. The maximum absolute atomic E-state index is 12.0. The molecule has 1 aromatic rings. The molecule has 0 saturated carbocycles. The number of piperidine rings is 1. The molecule has 1 amide bonds. The van der Waals surface area contributed by atoms with Crippen molar-refractivity contribution in [3.8, 4) is 0 Å². The SMILES string of the molecule is CC(=O)c1cc(CN2CCC(CCC(=O)NC[C@@H]3CCCO3)CC2)cs1. The topological polar surface area (TPSA) is 58.6 Å². The molecule has 2 aliphatic rings.